The lowest BCUT2D eigenvalue weighted by atomic mass is 10.1. The number of morpholine rings is 1. The first-order valence-electron chi connectivity index (χ1n) is 12.4. The van der Waals surface area contributed by atoms with Gasteiger partial charge in [0.15, 0.2) is 0 Å². The van der Waals surface area contributed by atoms with Gasteiger partial charge in [0, 0.05) is 50.2 Å². The number of halogens is 9. The van der Waals surface area contributed by atoms with Crippen LogP contribution in [0.15, 0.2) is 17.5 Å². The topological polar surface area (TPSA) is 131 Å². The van der Waals surface area contributed by atoms with Gasteiger partial charge in [-0.1, -0.05) is 6.07 Å². The predicted octanol–water partition coefficient (Wildman–Crippen LogP) is 3.63. The normalized spacial score (nSPS) is 21.3. The molecule has 4 rings (SSSR count). The molecule has 3 aliphatic heterocycles. The smallest absolute Gasteiger partial charge is 0.475 e. The summed E-state index contributed by atoms with van der Waals surface area (Å²) in [5.74, 6) is -8.27. The number of rotatable bonds is 5. The maximum atomic E-state index is 10.6. The molecule has 1 aromatic rings. The fourth-order valence-electron chi connectivity index (χ4n) is 4.14. The van der Waals surface area contributed by atoms with Crippen molar-refractivity contribution in [2.24, 2.45) is 0 Å². The van der Waals surface area contributed by atoms with Gasteiger partial charge in [-0.25, -0.2) is 14.4 Å². The summed E-state index contributed by atoms with van der Waals surface area (Å²) in [6.45, 7) is 10.5. The number of hydrogen-bond donors (Lipinski definition) is 3. The number of nitrogens with zero attached hydrogens (tertiary/aromatic N) is 3. The zero-order valence-electron chi connectivity index (χ0n) is 22.3. The molecule has 0 amide bonds. The summed E-state index contributed by atoms with van der Waals surface area (Å²) < 4.78 is 101. The Kier molecular flexibility index (Phi) is 15.1. The number of hydrogen-bond acceptors (Lipinski definition) is 8. The Morgan fingerprint density at radius 1 is 0.791 bits per heavy atom. The Morgan fingerprint density at radius 3 is 1.70 bits per heavy atom. The fourth-order valence-corrected chi connectivity index (χ4v) is 4.89. The summed E-state index contributed by atoms with van der Waals surface area (Å²) in [6, 6.07) is 5.01. The first kappa shape index (κ1) is 38.3. The average molecular weight is 664 g/mol. The molecule has 1 aromatic heterocycles. The summed E-state index contributed by atoms with van der Waals surface area (Å²) in [7, 11) is 0. The lowest BCUT2D eigenvalue weighted by molar-refractivity contribution is -0.193. The number of thiophene rings is 1. The van der Waals surface area contributed by atoms with Gasteiger partial charge in [-0.05, 0) is 37.4 Å². The van der Waals surface area contributed by atoms with Crippen molar-refractivity contribution in [3.8, 4) is 0 Å². The second-order valence-corrected chi connectivity index (χ2v) is 10.3. The van der Waals surface area contributed by atoms with E-state index < -0.39 is 36.4 Å². The number of carboxylic acid groups (broad SMARTS) is 3. The molecular weight excluding hydrogens is 633 g/mol. The predicted molar refractivity (Wildman–Crippen MR) is 131 cm³/mol. The van der Waals surface area contributed by atoms with Gasteiger partial charge in [-0.2, -0.15) is 39.5 Å². The number of alkyl halides is 9. The molecular formula is C23H30F9N3O7S. The van der Waals surface area contributed by atoms with Crippen LogP contribution >= 0.6 is 11.3 Å². The van der Waals surface area contributed by atoms with Gasteiger partial charge < -0.3 is 25.0 Å². The molecule has 2 atom stereocenters. The molecule has 4 heterocycles. The van der Waals surface area contributed by atoms with Crippen LogP contribution in [0.1, 0.15) is 17.7 Å². The summed E-state index contributed by atoms with van der Waals surface area (Å²) in [6.07, 6.45) is -12.0. The maximum Gasteiger partial charge on any atom is 0.490 e. The average Bonchev–Trinajstić information content (AvgIpc) is 3.65. The second-order valence-electron chi connectivity index (χ2n) is 9.24. The minimum Gasteiger partial charge on any atom is -0.475 e. The summed E-state index contributed by atoms with van der Waals surface area (Å²) in [5.41, 5.74) is 0. The van der Waals surface area contributed by atoms with Gasteiger partial charge in [-0.3, -0.25) is 9.80 Å². The van der Waals surface area contributed by atoms with Gasteiger partial charge in [0.25, 0.3) is 0 Å². The SMILES string of the molecule is O=C(O)C(F)(F)F.O=C(O)C(F)(F)F.O=C(O)C(F)(F)F.c1csc(CN2C[C@@H]3OCCN(CCN4CCCC4)[C@@H]3C2)c1. The quantitative estimate of drug-likeness (QED) is 0.402. The molecule has 0 saturated carbocycles. The largest absolute Gasteiger partial charge is 0.490 e. The lowest BCUT2D eigenvalue weighted by Gasteiger charge is -2.37. The van der Waals surface area contributed by atoms with Crippen LogP contribution in [-0.4, -0.2) is 131 Å². The summed E-state index contributed by atoms with van der Waals surface area (Å²) in [4.78, 5) is 36.1. The van der Waals surface area contributed by atoms with Crippen molar-refractivity contribution in [2.75, 3.05) is 52.4 Å². The molecule has 248 valence electrons. The molecule has 3 N–H and O–H groups in total. The number of fused-ring (bicyclic) bond motifs is 1. The van der Waals surface area contributed by atoms with Crippen LogP contribution in [0.5, 0.6) is 0 Å². The number of carboxylic acids is 3. The molecule has 0 unspecified atom stereocenters. The Morgan fingerprint density at radius 2 is 1.28 bits per heavy atom. The fraction of sp³-hybridized carbons (Fsp3) is 0.696. The molecule has 0 bridgehead atoms. The number of ether oxygens (including phenoxy) is 1. The van der Waals surface area contributed by atoms with Gasteiger partial charge >= 0.3 is 36.4 Å². The summed E-state index contributed by atoms with van der Waals surface area (Å²) >= 11 is 1.87. The summed E-state index contributed by atoms with van der Waals surface area (Å²) in [5, 5.41) is 23.6. The van der Waals surface area contributed by atoms with Crippen molar-refractivity contribution in [3.05, 3.63) is 22.4 Å². The van der Waals surface area contributed by atoms with Crippen molar-refractivity contribution in [1.29, 1.82) is 0 Å². The lowest BCUT2D eigenvalue weighted by Crippen LogP contribution is -2.52. The highest BCUT2D eigenvalue weighted by Crippen LogP contribution is 2.25. The standard InChI is InChI=1S/C17H27N3OS.3C2HF3O2/c1-2-6-18(5-1)7-8-20-9-10-21-17-14-19(13-16(17)20)12-15-4-3-11-22-15;3*3-2(4,5)1(6)7/h3-4,11,16-17H,1-2,5-10,12-14H2;3*(H,6,7)/t16-,17+;;;/m1.../s1. The Hall–Kier alpha value is -2.68. The van der Waals surface area contributed by atoms with Gasteiger partial charge in [0.2, 0.25) is 0 Å². The molecule has 0 aromatic carbocycles. The van der Waals surface area contributed by atoms with E-state index >= 15 is 0 Å². The van der Waals surface area contributed by atoms with E-state index in [1.54, 1.807) is 0 Å². The van der Waals surface area contributed by atoms with Crippen LogP contribution in [-0.2, 0) is 25.7 Å². The van der Waals surface area contributed by atoms with Crippen LogP contribution < -0.4 is 0 Å². The molecule has 0 radical (unpaired) electrons. The zero-order chi connectivity index (χ0) is 33.0. The van der Waals surface area contributed by atoms with Crippen molar-refractivity contribution < 1.29 is 74.0 Å². The van der Waals surface area contributed by atoms with Gasteiger partial charge in [-0.15, -0.1) is 11.3 Å². The van der Waals surface area contributed by atoms with E-state index in [1.165, 1.54) is 50.4 Å². The highest BCUT2D eigenvalue weighted by atomic mass is 32.1. The van der Waals surface area contributed by atoms with Crippen molar-refractivity contribution in [1.82, 2.24) is 14.7 Å². The number of carbonyl (C=O) groups is 3. The van der Waals surface area contributed by atoms with E-state index in [-0.39, 0.29) is 0 Å². The molecule has 3 aliphatic rings. The number of aliphatic carboxylic acids is 3. The van der Waals surface area contributed by atoms with Crippen LogP contribution in [0.25, 0.3) is 0 Å². The van der Waals surface area contributed by atoms with E-state index in [4.69, 9.17) is 34.4 Å². The zero-order valence-corrected chi connectivity index (χ0v) is 23.1. The van der Waals surface area contributed by atoms with Gasteiger partial charge in [0.05, 0.1) is 12.7 Å². The highest BCUT2D eigenvalue weighted by molar-refractivity contribution is 7.09. The van der Waals surface area contributed by atoms with Crippen LogP contribution in [0.4, 0.5) is 39.5 Å². The highest BCUT2D eigenvalue weighted by Gasteiger charge is 2.41. The minimum atomic E-state index is -5.08. The molecule has 3 saturated heterocycles. The van der Waals surface area contributed by atoms with Gasteiger partial charge in [0.1, 0.15) is 0 Å². The molecule has 20 heteroatoms. The molecule has 0 aliphatic carbocycles. The molecule has 3 fully saturated rings. The molecule has 10 nitrogen and oxygen atoms in total. The number of likely N-dealkylation sites (tertiary alicyclic amines) is 2. The van der Waals surface area contributed by atoms with E-state index in [9.17, 15) is 39.5 Å². The van der Waals surface area contributed by atoms with Crippen molar-refractivity contribution in [2.45, 2.75) is 50.1 Å². The Balaban J connectivity index is 0.000000363. The third kappa shape index (κ3) is 15.1. The van der Waals surface area contributed by atoms with E-state index in [1.807, 2.05) is 11.3 Å². The minimum absolute atomic E-state index is 0.423. The monoisotopic (exact) mass is 663 g/mol. The van der Waals surface area contributed by atoms with E-state index in [2.05, 4.69) is 32.2 Å². The molecule has 0 spiro atoms. The van der Waals surface area contributed by atoms with Crippen LogP contribution in [0.3, 0.4) is 0 Å². The van der Waals surface area contributed by atoms with Crippen molar-refractivity contribution >= 4 is 29.2 Å². The second kappa shape index (κ2) is 17.0. The van der Waals surface area contributed by atoms with Crippen LogP contribution in [0.2, 0.25) is 0 Å². The molecule has 43 heavy (non-hydrogen) atoms. The Bertz CT molecular complexity index is 945. The first-order chi connectivity index (χ1) is 19.7. The maximum absolute atomic E-state index is 10.6. The Labute approximate surface area is 243 Å². The first-order valence-corrected chi connectivity index (χ1v) is 13.3. The third-order valence-corrected chi connectivity index (χ3v) is 6.94. The van der Waals surface area contributed by atoms with Crippen molar-refractivity contribution in [3.63, 3.8) is 0 Å². The van der Waals surface area contributed by atoms with E-state index in [0.717, 1.165) is 26.2 Å². The van der Waals surface area contributed by atoms with E-state index in [0.29, 0.717) is 12.1 Å². The van der Waals surface area contributed by atoms with Crippen LogP contribution in [0, 0.1) is 0 Å². The third-order valence-electron chi connectivity index (χ3n) is 6.08.